The van der Waals surface area contributed by atoms with E-state index in [0.717, 1.165) is 0 Å². The van der Waals surface area contributed by atoms with Gasteiger partial charge < -0.3 is 14.2 Å². The Labute approximate surface area is 95.5 Å². The van der Waals surface area contributed by atoms with Crippen molar-refractivity contribution in [3.05, 3.63) is 62.9 Å². The van der Waals surface area contributed by atoms with Crippen molar-refractivity contribution in [3.63, 3.8) is 0 Å². The summed E-state index contributed by atoms with van der Waals surface area (Å²) in [5, 5.41) is 10.0. The van der Waals surface area contributed by atoms with Crippen molar-refractivity contribution in [2.75, 3.05) is 7.11 Å². The summed E-state index contributed by atoms with van der Waals surface area (Å²) in [5.41, 5.74) is 0.424. The summed E-state index contributed by atoms with van der Waals surface area (Å²) in [7, 11) is 1.45. The standard InChI is InChI=1S/C12H7NO4/c1-15-12-10-7(4-5-16-10)9(13)6-2-3-8(14)17-11(6)12/h2-5H,1H3. The lowest BCUT2D eigenvalue weighted by molar-refractivity contribution is -0.224. The maximum absolute atomic E-state index is 11.2. The van der Waals surface area contributed by atoms with Crippen LogP contribution >= 0.6 is 0 Å². The lowest BCUT2D eigenvalue weighted by Gasteiger charge is -2.17. The highest BCUT2D eigenvalue weighted by molar-refractivity contribution is 6.29. The van der Waals surface area contributed by atoms with Crippen molar-refractivity contribution in [1.29, 1.82) is 0 Å². The molecule has 84 valence electrons. The van der Waals surface area contributed by atoms with Gasteiger partial charge in [-0.15, -0.1) is 5.71 Å². The lowest BCUT2D eigenvalue weighted by Crippen LogP contribution is -2.22. The zero-order valence-corrected chi connectivity index (χ0v) is 8.89. The highest BCUT2D eigenvalue weighted by Crippen LogP contribution is 2.27. The largest absolute Gasteiger partial charge is 0.803 e. The topological polar surface area (TPSA) is 77.0 Å². The first-order valence-corrected chi connectivity index (χ1v) is 4.92. The lowest BCUT2D eigenvalue weighted by atomic mass is 9.93. The SMILES string of the molecule is C[O+]=C1c2occc2C(=[N-])c2ccc(=O)oc21. The fraction of sp³-hybridized carbons (Fsp3) is 0.0833. The summed E-state index contributed by atoms with van der Waals surface area (Å²) in [6, 6.07) is 4.36. The molecule has 1 aliphatic rings. The Kier molecular flexibility index (Phi) is 1.89. The van der Waals surface area contributed by atoms with E-state index in [2.05, 4.69) is 0 Å². The quantitative estimate of drug-likeness (QED) is 0.546. The zero-order valence-electron chi connectivity index (χ0n) is 8.89. The van der Waals surface area contributed by atoms with Crippen LogP contribution in [0.5, 0.6) is 0 Å². The number of hydrogen-bond donors (Lipinski definition) is 0. The average molecular weight is 229 g/mol. The summed E-state index contributed by atoms with van der Waals surface area (Å²) in [4.78, 5) is 11.2. The van der Waals surface area contributed by atoms with Crippen molar-refractivity contribution in [1.82, 2.24) is 0 Å². The van der Waals surface area contributed by atoms with Crippen LogP contribution in [0.3, 0.4) is 0 Å². The van der Waals surface area contributed by atoms with E-state index in [9.17, 15) is 10.2 Å². The molecule has 2 heterocycles. The molecule has 0 bridgehead atoms. The average Bonchev–Trinajstić information content (AvgIpc) is 2.79. The summed E-state index contributed by atoms with van der Waals surface area (Å²) in [5.74, 6) is 0.835. The fourth-order valence-electron chi connectivity index (χ4n) is 1.88. The first-order chi connectivity index (χ1) is 8.22. The normalized spacial score (nSPS) is 15.8. The molecule has 0 saturated carbocycles. The Morgan fingerprint density at radius 3 is 2.71 bits per heavy atom. The predicted molar refractivity (Wildman–Crippen MR) is 59.6 cm³/mol. The molecule has 0 unspecified atom stereocenters. The molecule has 0 aromatic carbocycles. The van der Waals surface area contributed by atoms with Gasteiger partial charge in [-0.05, 0) is 12.1 Å². The molecule has 0 atom stereocenters. The van der Waals surface area contributed by atoms with Crippen LogP contribution < -0.4 is 5.63 Å². The number of ketones is 1. The van der Waals surface area contributed by atoms with Crippen molar-refractivity contribution in [2.45, 2.75) is 0 Å². The summed E-state index contributed by atoms with van der Waals surface area (Å²) in [6.45, 7) is 0. The number of hydrogen-bond acceptors (Lipinski definition) is 3. The van der Waals surface area contributed by atoms with Gasteiger partial charge in [-0.1, -0.05) is 0 Å². The molecule has 5 nitrogen and oxygen atoms in total. The van der Waals surface area contributed by atoms with Crippen LogP contribution in [0, 0.1) is 0 Å². The van der Waals surface area contributed by atoms with Gasteiger partial charge in [0, 0.05) is 17.2 Å². The number of fused-ring (bicyclic) bond motifs is 2. The monoisotopic (exact) mass is 229 g/mol. The number of furan rings is 1. The van der Waals surface area contributed by atoms with Crippen LogP contribution in [0.2, 0.25) is 0 Å². The Morgan fingerprint density at radius 1 is 1.18 bits per heavy atom. The fourth-order valence-corrected chi connectivity index (χ4v) is 1.88. The Hall–Kier alpha value is -2.43. The second-order valence-electron chi connectivity index (χ2n) is 3.54. The molecule has 3 rings (SSSR count). The van der Waals surface area contributed by atoms with E-state index in [0.29, 0.717) is 22.7 Å². The van der Waals surface area contributed by atoms with E-state index in [-0.39, 0.29) is 11.5 Å². The van der Waals surface area contributed by atoms with Crippen molar-refractivity contribution in [3.8, 4) is 0 Å². The van der Waals surface area contributed by atoms with Crippen molar-refractivity contribution in [2.24, 2.45) is 0 Å². The van der Waals surface area contributed by atoms with Crippen LogP contribution in [-0.4, -0.2) is 18.6 Å². The predicted octanol–water partition coefficient (Wildman–Crippen LogP) is 1.35. The zero-order chi connectivity index (χ0) is 12.0. The molecule has 0 aliphatic heterocycles. The van der Waals surface area contributed by atoms with E-state index in [1.165, 1.54) is 25.5 Å². The molecule has 0 spiro atoms. The van der Waals surface area contributed by atoms with Crippen molar-refractivity contribution >= 4 is 11.5 Å². The number of nitrogens with zero attached hydrogens (tertiary/aromatic N) is 1. The van der Waals surface area contributed by atoms with Crippen LogP contribution in [0.25, 0.3) is 5.41 Å². The maximum atomic E-state index is 11.2. The molecular weight excluding hydrogens is 222 g/mol. The van der Waals surface area contributed by atoms with Crippen LogP contribution in [0.15, 0.2) is 38.1 Å². The number of carbonyl (C=O) groups excluding carboxylic acids is 1. The van der Waals surface area contributed by atoms with Gasteiger partial charge in [-0.2, -0.15) is 0 Å². The molecule has 2 aromatic rings. The second-order valence-corrected chi connectivity index (χ2v) is 3.54. The third-order valence-electron chi connectivity index (χ3n) is 2.63. The molecule has 0 saturated heterocycles. The second kappa shape index (κ2) is 3.28. The summed E-state index contributed by atoms with van der Waals surface area (Å²) >= 11 is 0. The minimum Gasteiger partial charge on any atom is -0.803 e. The molecule has 0 radical (unpaired) electrons. The Bertz CT molecular complexity index is 705. The van der Waals surface area contributed by atoms with E-state index in [1.54, 1.807) is 6.07 Å². The number of rotatable bonds is 0. The van der Waals surface area contributed by atoms with Gasteiger partial charge in [0.25, 0.3) is 7.11 Å². The van der Waals surface area contributed by atoms with Gasteiger partial charge in [0.05, 0.1) is 6.26 Å². The first kappa shape index (κ1) is 9.77. The molecule has 5 heteroatoms. The Morgan fingerprint density at radius 2 is 1.94 bits per heavy atom. The van der Waals surface area contributed by atoms with Gasteiger partial charge >= 0.3 is 11.4 Å². The van der Waals surface area contributed by atoms with Gasteiger partial charge in [0.15, 0.2) is 0 Å². The third-order valence-corrected chi connectivity index (χ3v) is 2.63. The van der Waals surface area contributed by atoms with Crippen LogP contribution in [0.1, 0.15) is 27.1 Å². The molecule has 17 heavy (non-hydrogen) atoms. The molecule has 0 fully saturated rings. The molecular formula is C12H7NO4. The molecule has 2 aromatic heterocycles. The van der Waals surface area contributed by atoms with Gasteiger partial charge in [-0.25, -0.2) is 9.22 Å². The Balaban J connectivity index is 2.40. The first-order valence-electron chi connectivity index (χ1n) is 4.92. The molecule has 1 aliphatic carbocycles. The third kappa shape index (κ3) is 1.22. The highest BCUT2D eigenvalue weighted by atomic mass is 16.4. The van der Waals surface area contributed by atoms with Crippen molar-refractivity contribution < 1.29 is 13.3 Å². The minimum absolute atomic E-state index is 0.00769. The molecule has 0 N–H and O–H groups in total. The van der Waals surface area contributed by atoms with E-state index in [1.807, 2.05) is 0 Å². The molecule has 0 amide bonds. The van der Waals surface area contributed by atoms with E-state index < -0.39 is 5.63 Å². The maximum Gasteiger partial charge on any atom is 0.428 e. The van der Waals surface area contributed by atoms with E-state index >= 15 is 0 Å². The van der Waals surface area contributed by atoms with Gasteiger partial charge in [0.1, 0.15) is 0 Å². The minimum atomic E-state index is -0.513. The summed E-state index contributed by atoms with van der Waals surface area (Å²) in [6.07, 6.45) is 1.43. The highest BCUT2D eigenvalue weighted by Gasteiger charge is 2.35. The van der Waals surface area contributed by atoms with Crippen LogP contribution in [0.4, 0.5) is 0 Å². The van der Waals surface area contributed by atoms with Gasteiger partial charge in [-0.3, -0.25) is 0 Å². The summed E-state index contributed by atoms with van der Waals surface area (Å²) < 4.78 is 15.4. The smallest absolute Gasteiger partial charge is 0.428 e. The van der Waals surface area contributed by atoms with E-state index in [4.69, 9.17) is 13.3 Å². The van der Waals surface area contributed by atoms with Gasteiger partial charge in [0.2, 0.25) is 11.5 Å². The van der Waals surface area contributed by atoms with Crippen LogP contribution in [-0.2, 0) is 0 Å².